The molecule has 7 nitrogen and oxygen atoms in total. The Balaban J connectivity index is 2.20. The highest BCUT2D eigenvalue weighted by Crippen LogP contribution is 2.48. The molecule has 0 bridgehead atoms. The first-order valence-corrected chi connectivity index (χ1v) is 7.82. The van der Waals surface area contributed by atoms with Crippen LogP contribution in [0.1, 0.15) is 41.0 Å². The van der Waals surface area contributed by atoms with Crippen LogP contribution in [0.25, 0.3) is 0 Å². The van der Waals surface area contributed by atoms with Crippen molar-refractivity contribution in [2.45, 2.75) is 26.1 Å². The van der Waals surface area contributed by atoms with Gasteiger partial charge in [0, 0.05) is 18.4 Å². The van der Waals surface area contributed by atoms with Crippen molar-refractivity contribution in [1.29, 1.82) is 0 Å². The lowest BCUT2D eigenvalue weighted by Gasteiger charge is -2.41. The third kappa shape index (κ3) is 2.44. The summed E-state index contributed by atoms with van der Waals surface area (Å²) in [5.74, 6) is -3.77. The quantitative estimate of drug-likeness (QED) is 0.863. The second-order valence-corrected chi connectivity index (χ2v) is 6.24. The number of ketones is 2. The summed E-state index contributed by atoms with van der Waals surface area (Å²) in [6.07, 6.45) is -0.0116. The van der Waals surface area contributed by atoms with Gasteiger partial charge >= 0.3 is 0 Å². The lowest BCUT2D eigenvalue weighted by atomic mass is 9.70. The van der Waals surface area contributed by atoms with Crippen molar-refractivity contribution in [2.24, 2.45) is 11.8 Å². The van der Waals surface area contributed by atoms with E-state index < -0.39 is 23.4 Å². The Labute approximate surface area is 139 Å². The van der Waals surface area contributed by atoms with E-state index in [-0.39, 0.29) is 47.2 Å². The molecule has 1 heterocycles. The third-order valence-corrected chi connectivity index (χ3v) is 4.57. The maximum absolute atomic E-state index is 12.9. The van der Waals surface area contributed by atoms with Gasteiger partial charge in [-0.05, 0) is 13.8 Å². The van der Waals surface area contributed by atoms with Crippen molar-refractivity contribution in [2.75, 3.05) is 20.3 Å². The number of fused-ring (bicyclic) bond motifs is 2. The zero-order valence-corrected chi connectivity index (χ0v) is 13.8. The number of carbonyl (C=O) groups excluding carboxylic acids is 2. The number of hydrogen-bond donors (Lipinski definition) is 2. The van der Waals surface area contributed by atoms with E-state index in [1.165, 1.54) is 20.1 Å². The van der Waals surface area contributed by atoms with Crippen LogP contribution in [-0.2, 0) is 4.74 Å². The highest BCUT2D eigenvalue weighted by molar-refractivity contribution is 6.19. The van der Waals surface area contributed by atoms with Gasteiger partial charge in [-0.15, -0.1) is 0 Å². The van der Waals surface area contributed by atoms with E-state index in [0.29, 0.717) is 6.61 Å². The van der Waals surface area contributed by atoms with E-state index in [1.54, 1.807) is 6.92 Å². The number of methoxy groups -OCH3 is 1. The van der Waals surface area contributed by atoms with Crippen LogP contribution in [0, 0.1) is 11.8 Å². The maximum atomic E-state index is 12.9. The molecule has 1 aromatic rings. The van der Waals surface area contributed by atoms with Gasteiger partial charge in [0.1, 0.15) is 5.75 Å². The number of rotatable bonds is 3. The molecule has 1 saturated heterocycles. The average Bonchev–Trinajstić information content (AvgIpc) is 2.53. The fraction of sp³-hybridized carbons (Fsp3) is 0.529. The van der Waals surface area contributed by atoms with Crippen LogP contribution in [0.2, 0.25) is 0 Å². The number of Topliss-reactive ketones (excluding diaryl/α,β-unsaturated/α-hetero) is 2. The first kappa shape index (κ1) is 16.7. The summed E-state index contributed by atoms with van der Waals surface area (Å²) in [5, 5.41) is 20.5. The molecule has 1 aliphatic carbocycles. The first-order chi connectivity index (χ1) is 11.3. The van der Waals surface area contributed by atoms with Crippen molar-refractivity contribution < 1.29 is 34.0 Å². The fourth-order valence-electron chi connectivity index (χ4n) is 3.43. The Hall–Kier alpha value is -2.12. The Morgan fingerprint density at radius 3 is 2.54 bits per heavy atom. The Kier molecular flexibility index (Phi) is 4.01. The van der Waals surface area contributed by atoms with Gasteiger partial charge < -0.3 is 24.4 Å². The topological polar surface area (TPSA) is 102 Å². The second-order valence-electron chi connectivity index (χ2n) is 6.24. The predicted octanol–water partition coefficient (Wildman–Crippen LogP) is 1.54. The number of benzene rings is 1. The molecule has 0 amide bonds. The summed E-state index contributed by atoms with van der Waals surface area (Å²) in [6, 6.07) is 1.41. The summed E-state index contributed by atoms with van der Waals surface area (Å²) in [4.78, 5) is 25.8. The van der Waals surface area contributed by atoms with Crippen LogP contribution in [0.5, 0.6) is 17.2 Å². The molecule has 1 aromatic carbocycles. The van der Waals surface area contributed by atoms with Crippen molar-refractivity contribution in [1.82, 2.24) is 0 Å². The van der Waals surface area contributed by atoms with E-state index in [2.05, 4.69) is 0 Å². The van der Waals surface area contributed by atoms with Gasteiger partial charge in [-0.1, -0.05) is 0 Å². The second kappa shape index (κ2) is 5.75. The predicted molar refractivity (Wildman–Crippen MR) is 82.7 cm³/mol. The van der Waals surface area contributed by atoms with Gasteiger partial charge in [-0.2, -0.15) is 0 Å². The molecule has 0 aromatic heterocycles. The van der Waals surface area contributed by atoms with Gasteiger partial charge in [0.25, 0.3) is 0 Å². The zero-order chi connectivity index (χ0) is 17.6. The SMILES string of the molecule is CCOc1cc(OC)c(O)c2c1C(=O)C1COC(C)(O)CC1C2=O. The smallest absolute Gasteiger partial charge is 0.173 e. The van der Waals surface area contributed by atoms with Gasteiger partial charge in [0.2, 0.25) is 0 Å². The van der Waals surface area contributed by atoms with Gasteiger partial charge in [0.05, 0.1) is 37.4 Å². The monoisotopic (exact) mass is 336 g/mol. The third-order valence-electron chi connectivity index (χ3n) is 4.57. The highest BCUT2D eigenvalue weighted by atomic mass is 16.6. The maximum Gasteiger partial charge on any atom is 0.173 e. The Morgan fingerprint density at radius 2 is 1.92 bits per heavy atom. The van der Waals surface area contributed by atoms with E-state index in [9.17, 15) is 19.8 Å². The molecule has 0 radical (unpaired) electrons. The minimum absolute atomic E-state index is 0.0116. The van der Waals surface area contributed by atoms with Crippen molar-refractivity contribution in [3.63, 3.8) is 0 Å². The molecular formula is C17H20O7. The number of hydrogen-bond acceptors (Lipinski definition) is 7. The van der Waals surface area contributed by atoms with Crippen LogP contribution >= 0.6 is 0 Å². The average molecular weight is 336 g/mol. The number of ether oxygens (including phenoxy) is 3. The largest absolute Gasteiger partial charge is 0.504 e. The van der Waals surface area contributed by atoms with Crippen molar-refractivity contribution >= 4 is 11.6 Å². The number of aliphatic hydroxyl groups is 1. The number of aromatic hydroxyl groups is 1. The van der Waals surface area contributed by atoms with Crippen LogP contribution in [0.15, 0.2) is 6.07 Å². The Morgan fingerprint density at radius 1 is 1.25 bits per heavy atom. The lowest BCUT2D eigenvalue weighted by molar-refractivity contribution is -0.227. The van der Waals surface area contributed by atoms with E-state index in [4.69, 9.17) is 14.2 Å². The fourth-order valence-corrected chi connectivity index (χ4v) is 3.43. The molecule has 3 unspecified atom stereocenters. The summed E-state index contributed by atoms with van der Waals surface area (Å²) in [6.45, 7) is 3.44. The number of phenolic OH excluding ortho intramolecular Hbond substituents is 1. The normalized spacial score (nSPS) is 29.0. The molecular weight excluding hydrogens is 316 g/mol. The van der Waals surface area contributed by atoms with Gasteiger partial charge in [-0.3, -0.25) is 9.59 Å². The van der Waals surface area contributed by atoms with Crippen LogP contribution in [0.4, 0.5) is 0 Å². The van der Waals surface area contributed by atoms with Crippen molar-refractivity contribution in [3.8, 4) is 17.2 Å². The van der Waals surface area contributed by atoms with Crippen LogP contribution in [-0.4, -0.2) is 47.9 Å². The van der Waals surface area contributed by atoms with Gasteiger partial charge in [-0.25, -0.2) is 0 Å². The molecule has 3 atom stereocenters. The molecule has 7 heteroatoms. The van der Waals surface area contributed by atoms with Crippen LogP contribution in [0.3, 0.4) is 0 Å². The molecule has 3 rings (SSSR count). The highest BCUT2D eigenvalue weighted by Gasteiger charge is 2.50. The minimum atomic E-state index is -1.48. The summed E-state index contributed by atoms with van der Waals surface area (Å²) in [7, 11) is 1.36. The minimum Gasteiger partial charge on any atom is -0.504 e. The summed E-state index contributed by atoms with van der Waals surface area (Å²) in [5.41, 5.74) is -0.0340. The number of carbonyl (C=O) groups is 2. The Bertz CT molecular complexity index is 707. The van der Waals surface area contributed by atoms with Crippen molar-refractivity contribution in [3.05, 3.63) is 17.2 Å². The van der Waals surface area contributed by atoms with Gasteiger partial charge in [0.15, 0.2) is 28.9 Å². The molecule has 0 saturated carbocycles. The lowest BCUT2D eigenvalue weighted by Crippen LogP contribution is -2.50. The standard InChI is InChI=1S/C17H20O7/c1-4-23-10-5-11(22-3)16(20)13-12(10)15(19)9-7-24-17(2,21)6-8(9)14(13)18/h5,8-9,20-21H,4,6-7H2,1-3H3. The summed E-state index contributed by atoms with van der Waals surface area (Å²) < 4.78 is 15.9. The molecule has 1 aliphatic heterocycles. The van der Waals surface area contributed by atoms with Crippen LogP contribution < -0.4 is 9.47 Å². The molecule has 2 aliphatic rings. The molecule has 24 heavy (non-hydrogen) atoms. The van der Waals surface area contributed by atoms with E-state index in [1.807, 2.05) is 0 Å². The molecule has 2 N–H and O–H groups in total. The molecule has 130 valence electrons. The number of phenols is 1. The van der Waals surface area contributed by atoms with E-state index in [0.717, 1.165) is 0 Å². The van der Waals surface area contributed by atoms with E-state index >= 15 is 0 Å². The molecule has 0 spiro atoms. The first-order valence-electron chi connectivity index (χ1n) is 7.82. The zero-order valence-electron chi connectivity index (χ0n) is 13.8. The molecule has 1 fully saturated rings. The summed E-state index contributed by atoms with van der Waals surface area (Å²) >= 11 is 0.